The Labute approximate surface area is 222 Å². The summed E-state index contributed by atoms with van der Waals surface area (Å²) < 4.78 is 9.42. The molecule has 6 heteroatoms. The molecule has 0 spiro atoms. The standard InChI is InChI=1S/C30H34BrN3O2/c1-21(2)25-15-14-22(3)19-28(25)36-18-8-17-34-27-12-5-4-11-26(27)33-29(34)13-7-16-32-30(35)23-9-6-10-24(31)20-23/h4-6,9-12,14-15,19-21H,7-8,13,16-18H2,1-3H3,(H,32,35). The SMILES string of the molecule is Cc1ccc(C(C)C)c(OCCCn2c(CCCNC(=O)c3cccc(Br)c3)nc3ccccc32)c1. The van der Waals surface area contributed by atoms with Gasteiger partial charge in [-0.05, 0) is 73.2 Å². The van der Waals surface area contributed by atoms with Crippen molar-refractivity contribution in [2.24, 2.45) is 0 Å². The maximum absolute atomic E-state index is 12.4. The maximum atomic E-state index is 12.4. The monoisotopic (exact) mass is 547 g/mol. The normalized spacial score (nSPS) is 11.2. The number of aryl methyl sites for hydroxylation is 3. The highest BCUT2D eigenvalue weighted by Gasteiger charge is 2.12. The van der Waals surface area contributed by atoms with Crippen molar-refractivity contribution in [3.63, 3.8) is 0 Å². The van der Waals surface area contributed by atoms with Crippen LogP contribution in [-0.2, 0) is 13.0 Å². The molecule has 188 valence electrons. The molecule has 0 atom stereocenters. The minimum absolute atomic E-state index is 0.0566. The van der Waals surface area contributed by atoms with Crippen LogP contribution in [0.25, 0.3) is 11.0 Å². The highest BCUT2D eigenvalue weighted by molar-refractivity contribution is 9.10. The van der Waals surface area contributed by atoms with Gasteiger partial charge in [0.15, 0.2) is 0 Å². The number of benzene rings is 3. The predicted octanol–water partition coefficient (Wildman–Crippen LogP) is 7.06. The summed E-state index contributed by atoms with van der Waals surface area (Å²) in [5.74, 6) is 2.40. The lowest BCUT2D eigenvalue weighted by molar-refractivity contribution is 0.0953. The van der Waals surface area contributed by atoms with Crippen LogP contribution in [0.4, 0.5) is 0 Å². The van der Waals surface area contributed by atoms with Crippen molar-refractivity contribution in [1.29, 1.82) is 0 Å². The van der Waals surface area contributed by atoms with E-state index in [4.69, 9.17) is 9.72 Å². The number of para-hydroxylation sites is 2. The molecule has 4 aromatic rings. The zero-order valence-electron chi connectivity index (χ0n) is 21.3. The Bertz CT molecular complexity index is 1330. The third kappa shape index (κ3) is 6.55. The van der Waals surface area contributed by atoms with E-state index >= 15 is 0 Å². The van der Waals surface area contributed by atoms with Crippen LogP contribution < -0.4 is 10.1 Å². The molecule has 0 saturated carbocycles. The van der Waals surface area contributed by atoms with E-state index in [2.05, 4.69) is 83.0 Å². The summed E-state index contributed by atoms with van der Waals surface area (Å²) in [6, 6.07) is 22.2. The second-order valence-electron chi connectivity index (χ2n) is 9.44. The molecule has 0 aliphatic rings. The minimum Gasteiger partial charge on any atom is -0.493 e. The molecular weight excluding hydrogens is 514 g/mol. The number of nitrogens with zero attached hydrogens (tertiary/aromatic N) is 2. The highest BCUT2D eigenvalue weighted by atomic mass is 79.9. The first-order valence-corrected chi connectivity index (χ1v) is 13.4. The van der Waals surface area contributed by atoms with Gasteiger partial charge in [0.25, 0.3) is 5.91 Å². The second-order valence-corrected chi connectivity index (χ2v) is 10.4. The molecule has 1 heterocycles. The Morgan fingerprint density at radius 3 is 2.69 bits per heavy atom. The largest absolute Gasteiger partial charge is 0.493 e. The summed E-state index contributed by atoms with van der Waals surface area (Å²) in [4.78, 5) is 17.3. The first kappa shape index (κ1) is 26.0. The molecule has 5 nitrogen and oxygen atoms in total. The molecule has 0 aliphatic carbocycles. The number of amides is 1. The summed E-state index contributed by atoms with van der Waals surface area (Å²) in [7, 11) is 0. The average molecular weight is 549 g/mol. The van der Waals surface area contributed by atoms with Crippen LogP contribution >= 0.6 is 15.9 Å². The number of carbonyl (C=O) groups is 1. The number of aromatic nitrogens is 2. The van der Waals surface area contributed by atoms with Gasteiger partial charge >= 0.3 is 0 Å². The summed E-state index contributed by atoms with van der Waals surface area (Å²) >= 11 is 3.42. The number of halogens is 1. The van der Waals surface area contributed by atoms with Gasteiger partial charge < -0.3 is 14.6 Å². The minimum atomic E-state index is -0.0566. The molecule has 0 saturated heterocycles. The van der Waals surface area contributed by atoms with Crippen molar-refractivity contribution < 1.29 is 9.53 Å². The lowest BCUT2D eigenvalue weighted by atomic mass is 10.0. The van der Waals surface area contributed by atoms with E-state index in [1.54, 1.807) is 0 Å². The van der Waals surface area contributed by atoms with E-state index in [1.165, 1.54) is 11.1 Å². The van der Waals surface area contributed by atoms with Gasteiger partial charge in [-0.2, -0.15) is 0 Å². The Morgan fingerprint density at radius 1 is 1.06 bits per heavy atom. The molecule has 0 radical (unpaired) electrons. The molecule has 3 aromatic carbocycles. The number of ether oxygens (including phenoxy) is 1. The molecule has 4 rings (SSSR count). The van der Waals surface area contributed by atoms with Crippen molar-refractivity contribution in [3.8, 4) is 5.75 Å². The second kappa shape index (κ2) is 12.2. The van der Waals surface area contributed by atoms with Crippen molar-refractivity contribution in [2.45, 2.75) is 52.5 Å². The van der Waals surface area contributed by atoms with Gasteiger partial charge in [-0.1, -0.05) is 60.1 Å². The van der Waals surface area contributed by atoms with Crippen LogP contribution in [0.2, 0.25) is 0 Å². The fourth-order valence-electron chi connectivity index (χ4n) is 4.39. The number of hydrogen-bond acceptors (Lipinski definition) is 3. The van der Waals surface area contributed by atoms with E-state index in [1.807, 2.05) is 30.3 Å². The number of nitrogens with one attached hydrogen (secondary N) is 1. The Morgan fingerprint density at radius 2 is 1.89 bits per heavy atom. The summed E-state index contributed by atoms with van der Waals surface area (Å²) in [5, 5.41) is 3.02. The number of fused-ring (bicyclic) bond motifs is 1. The number of imidazole rings is 1. The maximum Gasteiger partial charge on any atom is 0.251 e. The van der Waals surface area contributed by atoms with E-state index in [-0.39, 0.29) is 5.91 Å². The third-order valence-electron chi connectivity index (χ3n) is 6.26. The fraction of sp³-hybridized carbons (Fsp3) is 0.333. The Hall–Kier alpha value is -3.12. The molecule has 1 N–H and O–H groups in total. The average Bonchev–Trinajstić information content (AvgIpc) is 3.21. The van der Waals surface area contributed by atoms with Crippen molar-refractivity contribution >= 4 is 32.9 Å². The van der Waals surface area contributed by atoms with Gasteiger partial charge in [0.05, 0.1) is 17.6 Å². The van der Waals surface area contributed by atoms with Crippen LogP contribution in [0.1, 0.15) is 59.9 Å². The summed E-state index contributed by atoms with van der Waals surface area (Å²) in [6.45, 7) is 8.58. The zero-order valence-corrected chi connectivity index (χ0v) is 22.8. The molecule has 0 bridgehead atoms. The van der Waals surface area contributed by atoms with Crippen molar-refractivity contribution in [1.82, 2.24) is 14.9 Å². The van der Waals surface area contributed by atoms with Gasteiger partial charge in [0.2, 0.25) is 0 Å². The Kier molecular flexibility index (Phi) is 8.81. The van der Waals surface area contributed by atoms with Gasteiger partial charge in [-0.25, -0.2) is 4.98 Å². The molecule has 0 unspecified atom stereocenters. The van der Waals surface area contributed by atoms with Gasteiger partial charge in [0.1, 0.15) is 11.6 Å². The van der Waals surface area contributed by atoms with Crippen LogP contribution in [0.3, 0.4) is 0 Å². The molecule has 1 aromatic heterocycles. The summed E-state index contributed by atoms with van der Waals surface area (Å²) in [5.41, 5.74) is 5.27. The smallest absolute Gasteiger partial charge is 0.251 e. The van der Waals surface area contributed by atoms with E-state index in [0.717, 1.165) is 52.9 Å². The topological polar surface area (TPSA) is 56.1 Å². The van der Waals surface area contributed by atoms with Gasteiger partial charge in [0, 0.05) is 29.5 Å². The van der Waals surface area contributed by atoms with E-state index in [0.29, 0.717) is 24.6 Å². The fourth-order valence-corrected chi connectivity index (χ4v) is 4.79. The lowest BCUT2D eigenvalue weighted by Gasteiger charge is -2.15. The quantitative estimate of drug-likeness (QED) is 0.204. The molecule has 36 heavy (non-hydrogen) atoms. The highest BCUT2D eigenvalue weighted by Crippen LogP contribution is 2.27. The molecule has 0 fully saturated rings. The van der Waals surface area contributed by atoms with Crippen LogP contribution in [0.15, 0.2) is 71.2 Å². The van der Waals surface area contributed by atoms with Crippen LogP contribution in [0.5, 0.6) is 5.75 Å². The molecule has 1 amide bonds. The zero-order chi connectivity index (χ0) is 25.5. The van der Waals surface area contributed by atoms with Gasteiger partial charge in [-0.15, -0.1) is 0 Å². The van der Waals surface area contributed by atoms with Crippen molar-refractivity contribution in [2.75, 3.05) is 13.2 Å². The van der Waals surface area contributed by atoms with Crippen molar-refractivity contribution in [3.05, 3.63) is 93.7 Å². The molecular formula is C30H34BrN3O2. The molecule has 0 aliphatic heterocycles. The van der Waals surface area contributed by atoms with Crippen LogP contribution in [-0.4, -0.2) is 28.6 Å². The Balaban J connectivity index is 1.35. The van der Waals surface area contributed by atoms with Crippen LogP contribution in [0, 0.1) is 6.92 Å². The number of hydrogen-bond donors (Lipinski definition) is 1. The summed E-state index contributed by atoms with van der Waals surface area (Å²) in [6.07, 6.45) is 2.50. The predicted molar refractivity (Wildman–Crippen MR) is 150 cm³/mol. The number of rotatable bonds is 11. The number of carbonyl (C=O) groups excluding carboxylic acids is 1. The first-order chi connectivity index (χ1) is 17.4. The van der Waals surface area contributed by atoms with Gasteiger partial charge in [-0.3, -0.25) is 4.79 Å². The first-order valence-electron chi connectivity index (χ1n) is 12.6. The van der Waals surface area contributed by atoms with E-state index in [9.17, 15) is 4.79 Å². The van der Waals surface area contributed by atoms with E-state index < -0.39 is 0 Å². The third-order valence-corrected chi connectivity index (χ3v) is 6.75. The lowest BCUT2D eigenvalue weighted by Crippen LogP contribution is -2.25.